The molecular formula is C12H18N2. The van der Waals surface area contributed by atoms with E-state index >= 15 is 0 Å². The number of nitrogen functional groups attached to an aromatic ring is 1. The molecule has 0 aromatic carbocycles. The third kappa shape index (κ3) is 2.47. The molecule has 0 radical (unpaired) electrons. The molecule has 0 atom stereocenters. The summed E-state index contributed by atoms with van der Waals surface area (Å²) in [6.07, 6.45) is 10.0. The summed E-state index contributed by atoms with van der Waals surface area (Å²) >= 11 is 0. The largest absolute Gasteiger partial charge is 0.384 e. The van der Waals surface area contributed by atoms with Gasteiger partial charge in [-0.3, -0.25) is 0 Å². The third-order valence-electron chi connectivity index (χ3n) is 3.09. The molecule has 1 heterocycles. The van der Waals surface area contributed by atoms with Crippen molar-refractivity contribution < 1.29 is 0 Å². The first-order chi connectivity index (χ1) is 6.84. The topological polar surface area (TPSA) is 38.9 Å². The van der Waals surface area contributed by atoms with Crippen molar-refractivity contribution in [2.45, 2.75) is 38.5 Å². The van der Waals surface area contributed by atoms with Crippen LogP contribution in [0, 0.1) is 5.92 Å². The maximum atomic E-state index is 5.65. The van der Waals surface area contributed by atoms with Crippen LogP contribution in [0.5, 0.6) is 0 Å². The average molecular weight is 190 g/mol. The van der Waals surface area contributed by atoms with E-state index in [9.17, 15) is 0 Å². The van der Waals surface area contributed by atoms with Crippen LogP contribution < -0.4 is 5.73 Å². The van der Waals surface area contributed by atoms with Gasteiger partial charge in [-0.15, -0.1) is 0 Å². The fourth-order valence-corrected chi connectivity index (χ4v) is 2.35. The summed E-state index contributed by atoms with van der Waals surface area (Å²) < 4.78 is 0. The zero-order chi connectivity index (χ0) is 9.80. The van der Waals surface area contributed by atoms with E-state index in [1.807, 2.05) is 12.3 Å². The summed E-state index contributed by atoms with van der Waals surface area (Å²) in [5.41, 5.74) is 7.00. The maximum absolute atomic E-state index is 5.65. The predicted octanol–water partition coefficient (Wildman–Crippen LogP) is 2.79. The van der Waals surface area contributed by atoms with Crippen molar-refractivity contribution in [3.8, 4) is 0 Å². The fourth-order valence-electron chi connectivity index (χ4n) is 2.35. The molecule has 0 aliphatic heterocycles. The lowest BCUT2D eigenvalue weighted by Crippen LogP contribution is -2.09. The monoisotopic (exact) mass is 190 g/mol. The van der Waals surface area contributed by atoms with Crippen molar-refractivity contribution in [1.29, 1.82) is 0 Å². The molecule has 0 unspecified atom stereocenters. The maximum Gasteiger partial charge on any atom is 0.123 e. The van der Waals surface area contributed by atoms with Gasteiger partial charge in [-0.1, -0.05) is 32.1 Å². The minimum absolute atomic E-state index is 0.651. The van der Waals surface area contributed by atoms with Crippen molar-refractivity contribution in [2.24, 2.45) is 5.92 Å². The molecule has 1 saturated carbocycles. The summed E-state index contributed by atoms with van der Waals surface area (Å²) in [6, 6.07) is 4.10. The minimum Gasteiger partial charge on any atom is -0.384 e. The van der Waals surface area contributed by atoms with Crippen molar-refractivity contribution >= 4 is 5.82 Å². The Morgan fingerprint density at radius 2 is 2.07 bits per heavy atom. The Bertz CT molecular complexity index is 290. The lowest BCUT2D eigenvalue weighted by molar-refractivity contribution is 0.356. The minimum atomic E-state index is 0.651. The average Bonchev–Trinajstić information content (AvgIpc) is 2.19. The highest BCUT2D eigenvalue weighted by molar-refractivity contribution is 5.31. The Morgan fingerprint density at radius 1 is 1.29 bits per heavy atom. The van der Waals surface area contributed by atoms with E-state index in [0.717, 1.165) is 5.92 Å². The first-order valence-electron chi connectivity index (χ1n) is 5.55. The number of aromatic nitrogens is 1. The zero-order valence-electron chi connectivity index (χ0n) is 8.58. The second-order valence-corrected chi connectivity index (χ2v) is 4.30. The summed E-state index contributed by atoms with van der Waals surface area (Å²) in [5, 5.41) is 0. The first kappa shape index (κ1) is 9.50. The van der Waals surface area contributed by atoms with Crippen LogP contribution in [0.4, 0.5) is 5.82 Å². The molecule has 2 rings (SSSR count). The van der Waals surface area contributed by atoms with Crippen LogP contribution >= 0.6 is 0 Å². The van der Waals surface area contributed by atoms with Gasteiger partial charge in [-0.05, 0) is 30.0 Å². The van der Waals surface area contributed by atoms with E-state index in [0.29, 0.717) is 5.82 Å². The zero-order valence-corrected chi connectivity index (χ0v) is 8.58. The smallest absolute Gasteiger partial charge is 0.123 e. The lowest BCUT2D eigenvalue weighted by Gasteiger charge is -2.21. The van der Waals surface area contributed by atoms with Gasteiger partial charge in [-0.2, -0.15) is 0 Å². The van der Waals surface area contributed by atoms with Gasteiger partial charge >= 0.3 is 0 Å². The number of nitrogens with zero attached hydrogens (tertiary/aromatic N) is 1. The lowest BCUT2D eigenvalue weighted by atomic mass is 9.85. The molecule has 0 amide bonds. The van der Waals surface area contributed by atoms with Crippen molar-refractivity contribution in [1.82, 2.24) is 4.98 Å². The number of hydrogen-bond donors (Lipinski definition) is 1. The number of hydrogen-bond acceptors (Lipinski definition) is 2. The Morgan fingerprint density at radius 3 is 2.79 bits per heavy atom. The van der Waals surface area contributed by atoms with Crippen LogP contribution in [0.2, 0.25) is 0 Å². The molecule has 2 nitrogen and oxygen atoms in total. The Labute approximate surface area is 85.5 Å². The van der Waals surface area contributed by atoms with Crippen LogP contribution in [0.25, 0.3) is 0 Å². The molecule has 2 N–H and O–H groups in total. The van der Waals surface area contributed by atoms with E-state index in [1.54, 1.807) is 0 Å². The van der Waals surface area contributed by atoms with Crippen LogP contribution in [-0.4, -0.2) is 4.98 Å². The molecule has 1 aliphatic carbocycles. The highest BCUT2D eigenvalue weighted by atomic mass is 14.8. The molecule has 0 spiro atoms. The van der Waals surface area contributed by atoms with Gasteiger partial charge in [0.1, 0.15) is 5.82 Å². The molecule has 76 valence electrons. The van der Waals surface area contributed by atoms with Crippen LogP contribution in [0.15, 0.2) is 18.3 Å². The van der Waals surface area contributed by atoms with Gasteiger partial charge < -0.3 is 5.73 Å². The highest BCUT2D eigenvalue weighted by Crippen LogP contribution is 2.26. The summed E-state index contributed by atoms with van der Waals surface area (Å²) in [4.78, 5) is 4.01. The highest BCUT2D eigenvalue weighted by Gasteiger charge is 2.13. The van der Waals surface area contributed by atoms with Gasteiger partial charge in [0.25, 0.3) is 0 Å². The van der Waals surface area contributed by atoms with E-state index in [-0.39, 0.29) is 0 Å². The van der Waals surface area contributed by atoms with Crippen molar-refractivity contribution in [2.75, 3.05) is 5.73 Å². The molecule has 0 bridgehead atoms. The molecular weight excluding hydrogens is 172 g/mol. The Kier molecular flexibility index (Phi) is 3.02. The molecule has 1 fully saturated rings. The van der Waals surface area contributed by atoms with E-state index in [1.165, 1.54) is 44.1 Å². The Balaban J connectivity index is 1.95. The number of anilines is 1. The number of nitrogens with two attached hydrogens (primary N) is 1. The molecule has 2 heteroatoms. The number of rotatable bonds is 2. The third-order valence-corrected chi connectivity index (χ3v) is 3.09. The van der Waals surface area contributed by atoms with Gasteiger partial charge in [0.15, 0.2) is 0 Å². The van der Waals surface area contributed by atoms with Crippen LogP contribution in [0.3, 0.4) is 0 Å². The van der Waals surface area contributed by atoms with E-state index in [4.69, 9.17) is 5.73 Å². The molecule has 0 saturated heterocycles. The summed E-state index contributed by atoms with van der Waals surface area (Å²) in [5.74, 6) is 1.53. The quantitative estimate of drug-likeness (QED) is 0.778. The molecule has 1 aromatic heterocycles. The molecule has 1 aromatic rings. The predicted molar refractivity (Wildman–Crippen MR) is 58.9 cm³/mol. The first-order valence-corrected chi connectivity index (χ1v) is 5.55. The van der Waals surface area contributed by atoms with Crippen molar-refractivity contribution in [3.05, 3.63) is 23.9 Å². The van der Waals surface area contributed by atoms with Gasteiger partial charge in [0, 0.05) is 6.20 Å². The van der Waals surface area contributed by atoms with Crippen molar-refractivity contribution in [3.63, 3.8) is 0 Å². The standard InChI is InChI=1S/C12H18N2/c13-12-9-11(6-7-14-12)8-10-4-2-1-3-5-10/h6-7,9-10H,1-5,8H2,(H2,13,14). The fraction of sp³-hybridized carbons (Fsp3) is 0.583. The normalized spacial score (nSPS) is 18.3. The second kappa shape index (κ2) is 4.45. The van der Waals surface area contributed by atoms with E-state index in [2.05, 4.69) is 11.1 Å². The molecule has 14 heavy (non-hydrogen) atoms. The number of pyridine rings is 1. The van der Waals surface area contributed by atoms with Gasteiger partial charge in [0.2, 0.25) is 0 Å². The van der Waals surface area contributed by atoms with Crippen LogP contribution in [0.1, 0.15) is 37.7 Å². The molecule has 1 aliphatic rings. The SMILES string of the molecule is Nc1cc(CC2CCCCC2)ccn1. The van der Waals surface area contributed by atoms with Gasteiger partial charge in [0.05, 0.1) is 0 Å². The Hall–Kier alpha value is -1.05. The summed E-state index contributed by atoms with van der Waals surface area (Å²) in [6.45, 7) is 0. The van der Waals surface area contributed by atoms with Crippen LogP contribution in [-0.2, 0) is 6.42 Å². The van der Waals surface area contributed by atoms with Gasteiger partial charge in [-0.25, -0.2) is 4.98 Å². The van der Waals surface area contributed by atoms with E-state index < -0.39 is 0 Å². The summed E-state index contributed by atoms with van der Waals surface area (Å²) in [7, 11) is 0. The second-order valence-electron chi connectivity index (χ2n) is 4.30.